The predicted molar refractivity (Wildman–Crippen MR) is 84.8 cm³/mol. The zero-order valence-corrected chi connectivity index (χ0v) is 12.6. The number of nitrogens with zero attached hydrogens (tertiary/aromatic N) is 3. The summed E-state index contributed by atoms with van der Waals surface area (Å²) in [5, 5.41) is 2.60. The number of nitrogens with one attached hydrogen (secondary N) is 1. The van der Waals surface area contributed by atoms with Crippen molar-refractivity contribution in [2.24, 2.45) is 0 Å². The number of benzene rings is 1. The van der Waals surface area contributed by atoms with Gasteiger partial charge in [-0.3, -0.25) is 19.8 Å². The third-order valence-corrected chi connectivity index (χ3v) is 3.01. The molecule has 2 aromatic rings. The van der Waals surface area contributed by atoms with Crippen LogP contribution in [0.3, 0.4) is 0 Å². The smallest absolute Gasteiger partial charge is 0.232 e. The van der Waals surface area contributed by atoms with Gasteiger partial charge in [0.05, 0.1) is 5.69 Å². The number of carbonyl (C=O) groups is 2. The Hall–Kier alpha value is -2.76. The van der Waals surface area contributed by atoms with Crippen LogP contribution in [0, 0.1) is 0 Å². The minimum Gasteiger partial charge on any atom is -0.294 e. The quantitative estimate of drug-likeness (QED) is 0.921. The van der Waals surface area contributed by atoms with E-state index in [4.69, 9.17) is 0 Å². The number of para-hydroxylation sites is 1. The third-order valence-electron chi connectivity index (χ3n) is 3.01. The summed E-state index contributed by atoms with van der Waals surface area (Å²) < 4.78 is 0. The highest BCUT2D eigenvalue weighted by atomic mass is 16.2. The van der Waals surface area contributed by atoms with Gasteiger partial charge < -0.3 is 0 Å². The molecule has 1 N–H and O–H groups in total. The molecule has 0 bridgehead atoms. The summed E-state index contributed by atoms with van der Waals surface area (Å²) in [6.45, 7) is 3.54. The molecule has 6 heteroatoms. The van der Waals surface area contributed by atoms with E-state index in [1.807, 2.05) is 30.3 Å². The number of hydrogen-bond donors (Lipinski definition) is 1. The molecule has 0 unspecified atom stereocenters. The molecule has 0 saturated heterocycles. The van der Waals surface area contributed by atoms with Crippen molar-refractivity contribution in [3.8, 4) is 0 Å². The van der Waals surface area contributed by atoms with Crippen LogP contribution in [0.25, 0.3) is 0 Å². The molecule has 0 aliphatic rings. The zero-order valence-electron chi connectivity index (χ0n) is 12.6. The molecule has 22 heavy (non-hydrogen) atoms. The van der Waals surface area contributed by atoms with Crippen molar-refractivity contribution in [1.29, 1.82) is 0 Å². The van der Waals surface area contributed by atoms with Crippen LogP contribution in [0.5, 0.6) is 0 Å². The Morgan fingerprint density at radius 2 is 1.82 bits per heavy atom. The van der Waals surface area contributed by atoms with Crippen LogP contribution in [0.2, 0.25) is 0 Å². The maximum absolute atomic E-state index is 12.3. The lowest BCUT2D eigenvalue weighted by Gasteiger charge is -2.21. The fourth-order valence-electron chi connectivity index (χ4n) is 1.89. The van der Waals surface area contributed by atoms with Crippen LogP contribution in [0.15, 0.2) is 42.6 Å². The molecule has 0 aliphatic heterocycles. The average molecular weight is 298 g/mol. The first-order chi connectivity index (χ1) is 10.7. The minimum atomic E-state index is -0.176. The molecule has 0 atom stereocenters. The normalized spacial score (nSPS) is 10.1. The number of aromatic nitrogens is 2. The Balaban J connectivity index is 2.38. The summed E-state index contributed by atoms with van der Waals surface area (Å²) in [7, 11) is 0. The van der Waals surface area contributed by atoms with Gasteiger partial charge in [0.15, 0.2) is 0 Å². The van der Waals surface area contributed by atoms with Crippen molar-refractivity contribution in [2.75, 3.05) is 10.2 Å². The van der Waals surface area contributed by atoms with E-state index in [2.05, 4.69) is 15.3 Å². The van der Waals surface area contributed by atoms with Crippen LogP contribution < -0.4 is 10.2 Å². The molecule has 2 rings (SSSR count). The zero-order chi connectivity index (χ0) is 15.9. The van der Waals surface area contributed by atoms with Crippen molar-refractivity contribution < 1.29 is 9.59 Å². The van der Waals surface area contributed by atoms with Gasteiger partial charge in [-0.2, -0.15) is 4.98 Å². The summed E-state index contributed by atoms with van der Waals surface area (Å²) in [5.41, 5.74) is 0.723. The van der Waals surface area contributed by atoms with E-state index >= 15 is 0 Å². The van der Waals surface area contributed by atoms with E-state index in [9.17, 15) is 9.59 Å². The van der Waals surface area contributed by atoms with Crippen LogP contribution in [0.1, 0.15) is 26.7 Å². The molecule has 0 spiro atoms. The molecule has 6 nitrogen and oxygen atoms in total. The second kappa shape index (κ2) is 7.31. The van der Waals surface area contributed by atoms with Crippen molar-refractivity contribution in [3.63, 3.8) is 0 Å². The molecule has 114 valence electrons. The summed E-state index contributed by atoms with van der Waals surface area (Å²) >= 11 is 0. The second-order valence-electron chi connectivity index (χ2n) is 4.56. The second-order valence-corrected chi connectivity index (χ2v) is 4.56. The topological polar surface area (TPSA) is 75.2 Å². The first-order valence-corrected chi connectivity index (χ1v) is 7.16. The SMILES string of the molecule is CCC(=O)Nc1nccc(N(C(=O)CC)c2ccccc2)n1. The summed E-state index contributed by atoms with van der Waals surface area (Å²) in [6.07, 6.45) is 2.20. The molecular formula is C16H18N4O2. The average Bonchev–Trinajstić information content (AvgIpc) is 2.56. The van der Waals surface area contributed by atoms with Gasteiger partial charge in [-0.1, -0.05) is 32.0 Å². The molecular weight excluding hydrogens is 280 g/mol. The van der Waals surface area contributed by atoms with Gasteiger partial charge >= 0.3 is 0 Å². The lowest BCUT2D eigenvalue weighted by atomic mass is 10.2. The first kappa shape index (κ1) is 15.6. The minimum absolute atomic E-state index is 0.0855. The maximum Gasteiger partial charge on any atom is 0.232 e. The van der Waals surface area contributed by atoms with Crippen LogP contribution >= 0.6 is 0 Å². The van der Waals surface area contributed by atoms with Gasteiger partial charge in [0.2, 0.25) is 17.8 Å². The van der Waals surface area contributed by atoms with Crippen LogP contribution in [-0.4, -0.2) is 21.8 Å². The first-order valence-electron chi connectivity index (χ1n) is 7.16. The van der Waals surface area contributed by atoms with Gasteiger partial charge in [-0.15, -0.1) is 0 Å². The molecule has 0 saturated carbocycles. The van der Waals surface area contributed by atoms with E-state index in [-0.39, 0.29) is 17.8 Å². The third kappa shape index (κ3) is 3.66. The van der Waals surface area contributed by atoms with Crippen LogP contribution in [-0.2, 0) is 9.59 Å². The standard InChI is InChI=1S/C16H18N4O2/c1-3-14(21)19-16-17-11-10-13(18-16)20(15(22)4-2)12-8-6-5-7-9-12/h5-11H,3-4H2,1-2H3,(H,17,18,19,21). The molecule has 0 aliphatic carbocycles. The fraction of sp³-hybridized carbons (Fsp3) is 0.250. The van der Waals surface area contributed by atoms with Gasteiger partial charge in [-0.25, -0.2) is 4.98 Å². The molecule has 0 radical (unpaired) electrons. The number of carbonyl (C=O) groups excluding carboxylic acids is 2. The van der Waals surface area contributed by atoms with Gasteiger partial charge in [0.1, 0.15) is 5.82 Å². The lowest BCUT2D eigenvalue weighted by Crippen LogP contribution is -2.26. The van der Waals surface area contributed by atoms with E-state index in [1.54, 1.807) is 19.9 Å². The van der Waals surface area contributed by atoms with Gasteiger partial charge in [-0.05, 0) is 12.1 Å². The monoisotopic (exact) mass is 298 g/mol. The highest BCUT2D eigenvalue weighted by Gasteiger charge is 2.18. The van der Waals surface area contributed by atoms with E-state index in [0.717, 1.165) is 5.69 Å². The number of amides is 2. The van der Waals surface area contributed by atoms with Gasteiger partial charge in [0, 0.05) is 25.1 Å². The van der Waals surface area contributed by atoms with Crippen LogP contribution in [0.4, 0.5) is 17.5 Å². The summed E-state index contributed by atoms with van der Waals surface area (Å²) in [5.74, 6) is 0.358. The summed E-state index contributed by atoms with van der Waals surface area (Å²) in [4.78, 5) is 33.5. The maximum atomic E-state index is 12.3. The number of hydrogen-bond acceptors (Lipinski definition) is 4. The Labute approximate surface area is 129 Å². The molecule has 2 amide bonds. The lowest BCUT2D eigenvalue weighted by molar-refractivity contribution is -0.117. The van der Waals surface area contributed by atoms with E-state index in [0.29, 0.717) is 18.7 Å². The number of anilines is 3. The Bertz CT molecular complexity index is 658. The molecule has 1 heterocycles. The largest absolute Gasteiger partial charge is 0.294 e. The Morgan fingerprint density at radius 3 is 2.45 bits per heavy atom. The number of rotatable bonds is 5. The Morgan fingerprint density at radius 1 is 1.09 bits per heavy atom. The van der Waals surface area contributed by atoms with Gasteiger partial charge in [0.25, 0.3) is 0 Å². The highest BCUT2D eigenvalue weighted by Crippen LogP contribution is 2.24. The van der Waals surface area contributed by atoms with Crippen molar-refractivity contribution in [3.05, 3.63) is 42.6 Å². The predicted octanol–water partition coefficient (Wildman–Crippen LogP) is 2.90. The van der Waals surface area contributed by atoms with Crippen molar-refractivity contribution in [2.45, 2.75) is 26.7 Å². The van der Waals surface area contributed by atoms with Crippen molar-refractivity contribution >= 4 is 29.3 Å². The fourth-order valence-corrected chi connectivity index (χ4v) is 1.89. The van der Waals surface area contributed by atoms with Crippen molar-refractivity contribution in [1.82, 2.24) is 9.97 Å². The summed E-state index contributed by atoms with van der Waals surface area (Å²) in [6, 6.07) is 10.9. The Kier molecular flexibility index (Phi) is 5.19. The van der Waals surface area contributed by atoms with E-state index < -0.39 is 0 Å². The van der Waals surface area contributed by atoms with E-state index in [1.165, 1.54) is 11.1 Å². The highest BCUT2D eigenvalue weighted by molar-refractivity contribution is 5.99. The molecule has 0 fully saturated rings. The molecule has 1 aromatic carbocycles. The molecule has 1 aromatic heterocycles.